The first kappa shape index (κ1) is 16.8. The highest BCUT2D eigenvalue weighted by Gasteiger charge is 2.23. The van der Waals surface area contributed by atoms with Crippen molar-refractivity contribution < 1.29 is 0 Å². The van der Waals surface area contributed by atoms with Gasteiger partial charge >= 0.3 is 0 Å². The summed E-state index contributed by atoms with van der Waals surface area (Å²) >= 11 is 3.72. The van der Waals surface area contributed by atoms with E-state index in [0.29, 0.717) is 6.04 Å². The molecule has 1 aliphatic rings. The van der Waals surface area contributed by atoms with Crippen LogP contribution < -0.4 is 10.2 Å². The molecule has 2 nitrogen and oxygen atoms in total. The van der Waals surface area contributed by atoms with E-state index in [1.54, 1.807) is 0 Å². The molecule has 2 rings (SSSR count). The molecule has 0 atom stereocenters. The quantitative estimate of drug-likeness (QED) is 0.777. The summed E-state index contributed by atoms with van der Waals surface area (Å²) in [5.41, 5.74) is 2.67. The highest BCUT2D eigenvalue weighted by Crippen LogP contribution is 2.32. The Hall–Kier alpha value is -0.540. The smallest absolute Gasteiger partial charge is 0.0377 e. The second kappa shape index (κ2) is 8.19. The van der Waals surface area contributed by atoms with Crippen molar-refractivity contribution in [3.8, 4) is 0 Å². The minimum Gasteiger partial charge on any atom is -0.372 e. The summed E-state index contributed by atoms with van der Waals surface area (Å²) in [4.78, 5) is 2.48. The molecule has 0 amide bonds. The van der Waals surface area contributed by atoms with Crippen molar-refractivity contribution in [2.75, 3.05) is 18.5 Å². The molecule has 1 saturated carbocycles. The molecule has 0 saturated heterocycles. The predicted molar refractivity (Wildman–Crippen MR) is 96.0 cm³/mol. The van der Waals surface area contributed by atoms with Crippen LogP contribution in [0.5, 0.6) is 0 Å². The zero-order chi connectivity index (χ0) is 15.2. The standard InChI is InChI=1S/C18H29BrN2/c1-4-14-6-9-16(10-7-14)21(3)17-11-8-15(13-20-5-2)18(19)12-17/h8,11-12,14,16,20H,4-7,9-10,13H2,1-3H3. The largest absolute Gasteiger partial charge is 0.372 e. The lowest BCUT2D eigenvalue weighted by atomic mass is 9.84. The fourth-order valence-corrected chi connectivity index (χ4v) is 3.82. The summed E-state index contributed by atoms with van der Waals surface area (Å²) in [6.07, 6.45) is 6.81. The van der Waals surface area contributed by atoms with Gasteiger partial charge in [-0.25, -0.2) is 0 Å². The lowest BCUT2D eigenvalue weighted by Gasteiger charge is -2.36. The molecule has 0 unspecified atom stereocenters. The molecule has 118 valence electrons. The summed E-state index contributed by atoms with van der Waals surface area (Å²) in [5, 5.41) is 3.39. The second-order valence-corrected chi connectivity index (χ2v) is 7.10. The number of benzene rings is 1. The topological polar surface area (TPSA) is 15.3 Å². The fourth-order valence-electron chi connectivity index (χ4n) is 3.31. The highest BCUT2D eigenvalue weighted by atomic mass is 79.9. The first-order valence-electron chi connectivity index (χ1n) is 8.37. The minimum atomic E-state index is 0.708. The van der Waals surface area contributed by atoms with Gasteiger partial charge in [0.15, 0.2) is 0 Å². The van der Waals surface area contributed by atoms with Crippen molar-refractivity contribution in [2.45, 2.75) is 58.5 Å². The van der Waals surface area contributed by atoms with Crippen LogP contribution in [0.1, 0.15) is 51.5 Å². The maximum absolute atomic E-state index is 3.72. The van der Waals surface area contributed by atoms with Crippen LogP contribution in [0.3, 0.4) is 0 Å². The highest BCUT2D eigenvalue weighted by molar-refractivity contribution is 9.10. The van der Waals surface area contributed by atoms with Crippen molar-refractivity contribution in [1.82, 2.24) is 5.32 Å². The van der Waals surface area contributed by atoms with Crippen LogP contribution in [0.4, 0.5) is 5.69 Å². The zero-order valence-corrected chi connectivity index (χ0v) is 15.2. The average molecular weight is 353 g/mol. The zero-order valence-electron chi connectivity index (χ0n) is 13.7. The van der Waals surface area contributed by atoms with Crippen LogP contribution >= 0.6 is 15.9 Å². The molecular weight excluding hydrogens is 324 g/mol. The van der Waals surface area contributed by atoms with E-state index in [2.05, 4.69) is 65.2 Å². The van der Waals surface area contributed by atoms with Crippen LogP contribution in [0.15, 0.2) is 22.7 Å². The van der Waals surface area contributed by atoms with E-state index in [4.69, 9.17) is 0 Å². The number of rotatable bonds is 6. The maximum Gasteiger partial charge on any atom is 0.0377 e. The van der Waals surface area contributed by atoms with Crippen molar-refractivity contribution in [1.29, 1.82) is 0 Å². The summed E-state index contributed by atoms with van der Waals surface area (Å²) < 4.78 is 1.22. The van der Waals surface area contributed by atoms with Gasteiger partial charge in [-0.3, -0.25) is 0 Å². The molecule has 1 fully saturated rings. The molecule has 0 bridgehead atoms. The van der Waals surface area contributed by atoms with E-state index >= 15 is 0 Å². The number of hydrogen-bond donors (Lipinski definition) is 1. The van der Waals surface area contributed by atoms with Gasteiger partial charge < -0.3 is 10.2 Å². The van der Waals surface area contributed by atoms with Crippen molar-refractivity contribution in [2.24, 2.45) is 5.92 Å². The van der Waals surface area contributed by atoms with Crippen LogP contribution in [0, 0.1) is 5.92 Å². The van der Waals surface area contributed by atoms with Gasteiger partial charge in [0.05, 0.1) is 0 Å². The number of halogens is 1. The first-order chi connectivity index (χ1) is 10.2. The predicted octanol–water partition coefficient (Wildman–Crippen LogP) is 4.96. The van der Waals surface area contributed by atoms with Gasteiger partial charge in [-0.1, -0.05) is 42.3 Å². The van der Waals surface area contributed by atoms with Crippen LogP contribution in [-0.4, -0.2) is 19.6 Å². The van der Waals surface area contributed by atoms with Gasteiger partial charge in [-0.15, -0.1) is 0 Å². The molecule has 0 aliphatic heterocycles. The number of nitrogens with zero attached hydrogens (tertiary/aromatic N) is 1. The average Bonchev–Trinajstić information content (AvgIpc) is 2.53. The lowest BCUT2D eigenvalue weighted by Crippen LogP contribution is -2.35. The fraction of sp³-hybridized carbons (Fsp3) is 0.667. The van der Waals surface area contributed by atoms with Crippen molar-refractivity contribution in [3.63, 3.8) is 0 Å². The van der Waals surface area contributed by atoms with E-state index < -0.39 is 0 Å². The Balaban J connectivity index is 1.99. The molecule has 0 spiro atoms. The lowest BCUT2D eigenvalue weighted by molar-refractivity contribution is 0.313. The Morgan fingerprint density at radius 2 is 1.90 bits per heavy atom. The summed E-state index contributed by atoms with van der Waals surface area (Å²) in [6, 6.07) is 7.50. The molecule has 0 radical (unpaired) electrons. The van der Waals surface area contributed by atoms with E-state index in [9.17, 15) is 0 Å². The van der Waals surface area contributed by atoms with Gasteiger partial charge in [0.1, 0.15) is 0 Å². The monoisotopic (exact) mass is 352 g/mol. The SMILES string of the molecule is CCNCc1ccc(N(C)C2CCC(CC)CC2)cc1Br. The van der Waals surface area contributed by atoms with E-state index in [-0.39, 0.29) is 0 Å². The number of hydrogen-bond acceptors (Lipinski definition) is 2. The minimum absolute atomic E-state index is 0.708. The van der Waals surface area contributed by atoms with E-state index in [1.807, 2.05) is 0 Å². The molecule has 0 heterocycles. The second-order valence-electron chi connectivity index (χ2n) is 6.25. The third kappa shape index (κ3) is 4.46. The Kier molecular flexibility index (Phi) is 6.56. The third-order valence-electron chi connectivity index (χ3n) is 4.95. The van der Waals surface area contributed by atoms with Crippen LogP contribution in [0.25, 0.3) is 0 Å². The van der Waals surface area contributed by atoms with Crippen LogP contribution in [0.2, 0.25) is 0 Å². The number of nitrogens with one attached hydrogen (secondary N) is 1. The van der Waals surface area contributed by atoms with Gasteiger partial charge in [-0.05, 0) is 55.8 Å². The van der Waals surface area contributed by atoms with Crippen molar-refractivity contribution >= 4 is 21.6 Å². The molecule has 21 heavy (non-hydrogen) atoms. The Morgan fingerprint density at radius 1 is 1.19 bits per heavy atom. The molecule has 0 aromatic heterocycles. The summed E-state index contributed by atoms with van der Waals surface area (Å²) in [7, 11) is 2.25. The van der Waals surface area contributed by atoms with Gasteiger partial charge in [-0.2, -0.15) is 0 Å². The summed E-state index contributed by atoms with van der Waals surface area (Å²) in [5.74, 6) is 0.962. The summed E-state index contributed by atoms with van der Waals surface area (Å²) in [6.45, 7) is 6.41. The van der Waals surface area contributed by atoms with Gasteiger partial charge in [0.2, 0.25) is 0 Å². The molecule has 1 aromatic rings. The molecular formula is C18H29BrN2. The van der Waals surface area contributed by atoms with E-state index in [1.165, 1.54) is 47.8 Å². The van der Waals surface area contributed by atoms with Gasteiger partial charge in [0.25, 0.3) is 0 Å². The third-order valence-corrected chi connectivity index (χ3v) is 5.69. The molecule has 3 heteroatoms. The van der Waals surface area contributed by atoms with Crippen molar-refractivity contribution in [3.05, 3.63) is 28.2 Å². The molecule has 1 aromatic carbocycles. The van der Waals surface area contributed by atoms with Crippen LogP contribution in [-0.2, 0) is 6.54 Å². The maximum atomic E-state index is 3.72. The van der Waals surface area contributed by atoms with E-state index in [0.717, 1.165) is 19.0 Å². The Bertz CT molecular complexity index is 439. The number of anilines is 1. The molecule has 1 aliphatic carbocycles. The first-order valence-corrected chi connectivity index (χ1v) is 9.17. The Labute approximate surface area is 138 Å². The normalized spacial score (nSPS) is 22.3. The molecule has 1 N–H and O–H groups in total. The van der Waals surface area contributed by atoms with Gasteiger partial charge in [0, 0.05) is 29.8 Å². The Morgan fingerprint density at radius 3 is 2.48 bits per heavy atom.